The Morgan fingerprint density at radius 1 is 1.45 bits per heavy atom. The van der Waals surface area contributed by atoms with Crippen molar-refractivity contribution in [1.29, 1.82) is 0 Å². The number of ether oxygens (including phenoxy) is 1. The van der Waals surface area contributed by atoms with Crippen molar-refractivity contribution < 1.29 is 14.9 Å². The van der Waals surface area contributed by atoms with Crippen molar-refractivity contribution in [3.8, 4) is 5.75 Å². The zero-order valence-corrected chi connectivity index (χ0v) is 11.5. The largest absolute Gasteiger partial charge is 0.481 e. The Kier molecular flexibility index (Phi) is 2.84. The molecule has 2 atom stereocenters. The average molecular weight is 275 g/mol. The molecule has 0 fully saturated rings. The summed E-state index contributed by atoms with van der Waals surface area (Å²) >= 11 is 0. The predicted octanol–water partition coefficient (Wildman–Crippen LogP) is 0.585. The van der Waals surface area contributed by atoms with Crippen LogP contribution in [0.2, 0.25) is 0 Å². The van der Waals surface area contributed by atoms with Crippen molar-refractivity contribution in [2.24, 2.45) is 7.05 Å². The second-order valence-electron chi connectivity index (χ2n) is 5.48. The van der Waals surface area contributed by atoms with Crippen LogP contribution >= 0.6 is 0 Å². The topological polar surface area (TPSA) is 71.7 Å². The Morgan fingerprint density at radius 3 is 2.85 bits per heavy atom. The lowest BCUT2D eigenvalue weighted by Crippen LogP contribution is -2.53. The van der Waals surface area contributed by atoms with E-state index in [2.05, 4.69) is 0 Å². The van der Waals surface area contributed by atoms with Crippen molar-refractivity contribution in [1.82, 2.24) is 4.57 Å². The van der Waals surface area contributed by atoms with Gasteiger partial charge in [-0.15, -0.1) is 0 Å². The number of hydrogen-bond acceptors (Lipinski definition) is 4. The van der Waals surface area contributed by atoms with Gasteiger partial charge in [0.15, 0.2) is 5.60 Å². The smallest absolute Gasteiger partial charge is 0.257 e. The predicted molar refractivity (Wildman–Crippen MR) is 75.0 cm³/mol. The van der Waals surface area contributed by atoms with Crippen LogP contribution in [-0.2, 0) is 13.5 Å². The van der Waals surface area contributed by atoms with E-state index < -0.39 is 11.7 Å². The van der Waals surface area contributed by atoms with Crippen LogP contribution < -0.4 is 10.3 Å². The molecule has 2 aromatic rings. The maximum Gasteiger partial charge on any atom is 0.257 e. The van der Waals surface area contributed by atoms with Crippen molar-refractivity contribution >= 4 is 10.9 Å². The normalized spacial score (nSPS) is 25.3. The molecule has 0 bridgehead atoms. The highest BCUT2D eigenvalue weighted by Crippen LogP contribution is 2.36. The van der Waals surface area contributed by atoms with Crippen molar-refractivity contribution in [2.45, 2.75) is 25.0 Å². The molecular weight excluding hydrogens is 258 g/mol. The molecule has 0 saturated carbocycles. The summed E-state index contributed by atoms with van der Waals surface area (Å²) in [6.45, 7) is 1.34. The Hall–Kier alpha value is -1.85. The summed E-state index contributed by atoms with van der Waals surface area (Å²) in [7, 11) is 1.71. The molecule has 1 aliphatic rings. The Morgan fingerprint density at radius 2 is 2.15 bits per heavy atom. The van der Waals surface area contributed by atoms with Crippen molar-refractivity contribution in [2.75, 3.05) is 6.61 Å². The van der Waals surface area contributed by atoms with E-state index in [0.29, 0.717) is 11.3 Å². The minimum absolute atomic E-state index is 0.169. The van der Waals surface area contributed by atoms with E-state index in [4.69, 9.17) is 4.74 Å². The van der Waals surface area contributed by atoms with Crippen LogP contribution in [0, 0.1) is 0 Å². The Bertz CT molecular complexity index is 736. The number of aromatic nitrogens is 1. The summed E-state index contributed by atoms with van der Waals surface area (Å²) in [6.07, 6.45) is -0.724. The van der Waals surface area contributed by atoms with Gasteiger partial charge in [0.25, 0.3) is 5.56 Å². The number of nitrogens with zero attached hydrogens (tertiary/aromatic N) is 1. The molecule has 0 saturated heterocycles. The first-order valence-corrected chi connectivity index (χ1v) is 6.56. The first-order chi connectivity index (χ1) is 9.48. The zero-order chi connectivity index (χ0) is 14.5. The standard InChI is InChI=1S/C15H17NO4/c1-15(8-17)12(18)7-10-13(20-15)9-5-3-4-6-11(9)16(2)14(10)19/h3-6,12,17-18H,7-8H2,1-2H3/t12-,15-/m0/s1. The van der Waals surface area contributed by atoms with Crippen LogP contribution in [0.25, 0.3) is 10.9 Å². The van der Waals surface area contributed by atoms with Gasteiger partial charge in [0.05, 0.1) is 17.7 Å². The molecule has 1 aromatic carbocycles. The van der Waals surface area contributed by atoms with E-state index in [1.807, 2.05) is 24.3 Å². The number of para-hydroxylation sites is 1. The van der Waals surface area contributed by atoms with Gasteiger partial charge in [-0.1, -0.05) is 12.1 Å². The SMILES string of the molecule is Cn1c(=O)c2c(c3ccccc31)O[C@@](C)(CO)[C@@H](O)C2. The minimum Gasteiger partial charge on any atom is -0.481 e. The number of aryl methyl sites for hydroxylation is 1. The van der Waals surface area contributed by atoms with E-state index in [-0.39, 0.29) is 18.6 Å². The molecule has 3 rings (SSSR count). The van der Waals surface area contributed by atoms with Crippen molar-refractivity contribution in [3.63, 3.8) is 0 Å². The summed E-state index contributed by atoms with van der Waals surface area (Å²) in [4.78, 5) is 12.4. The zero-order valence-electron chi connectivity index (χ0n) is 11.5. The van der Waals surface area contributed by atoms with Crippen LogP contribution in [0.3, 0.4) is 0 Å². The van der Waals surface area contributed by atoms with Gasteiger partial charge in [0.2, 0.25) is 0 Å². The first kappa shape index (κ1) is 13.1. The molecule has 0 spiro atoms. The van der Waals surface area contributed by atoms with Gasteiger partial charge in [-0.3, -0.25) is 4.79 Å². The number of pyridine rings is 1. The maximum absolute atomic E-state index is 12.4. The first-order valence-electron chi connectivity index (χ1n) is 6.56. The van der Waals surface area contributed by atoms with Gasteiger partial charge in [-0.05, 0) is 19.1 Å². The number of fused-ring (bicyclic) bond motifs is 3. The molecule has 106 valence electrons. The van der Waals surface area contributed by atoms with E-state index in [0.717, 1.165) is 10.9 Å². The summed E-state index contributed by atoms with van der Waals surface area (Å²) in [5.74, 6) is 0.477. The molecule has 0 amide bonds. The molecule has 0 radical (unpaired) electrons. The fraction of sp³-hybridized carbons (Fsp3) is 0.400. The minimum atomic E-state index is -1.08. The number of rotatable bonds is 1. The summed E-state index contributed by atoms with van der Waals surface area (Å²) in [5, 5.41) is 20.4. The van der Waals surface area contributed by atoms with E-state index >= 15 is 0 Å². The lowest BCUT2D eigenvalue weighted by atomic mass is 9.89. The molecule has 5 heteroatoms. The molecule has 1 aliphatic heterocycles. The number of benzene rings is 1. The van der Waals surface area contributed by atoms with E-state index in [9.17, 15) is 15.0 Å². The third-order valence-electron chi connectivity index (χ3n) is 4.10. The van der Waals surface area contributed by atoms with Gasteiger partial charge in [0.1, 0.15) is 11.9 Å². The fourth-order valence-corrected chi connectivity index (χ4v) is 2.67. The lowest BCUT2D eigenvalue weighted by molar-refractivity contribution is -0.0833. The number of hydrogen-bond donors (Lipinski definition) is 2. The Balaban J connectivity index is 2.35. The molecule has 2 heterocycles. The van der Waals surface area contributed by atoms with Crippen LogP contribution in [-0.4, -0.2) is 33.1 Å². The molecular formula is C15H17NO4. The molecule has 1 aromatic heterocycles. The van der Waals surface area contributed by atoms with Crippen LogP contribution in [0.4, 0.5) is 0 Å². The molecule has 0 unspecified atom stereocenters. The van der Waals surface area contributed by atoms with Crippen LogP contribution in [0.5, 0.6) is 5.75 Å². The second-order valence-corrected chi connectivity index (χ2v) is 5.48. The molecule has 20 heavy (non-hydrogen) atoms. The fourth-order valence-electron chi connectivity index (χ4n) is 2.67. The van der Waals surface area contributed by atoms with Gasteiger partial charge < -0.3 is 19.5 Å². The maximum atomic E-state index is 12.4. The van der Waals surface area contributed by atoms with Crippen molar-refractivity contribution in [3.05, 3.63) is 40.2 Å². The second kappa shape index (κ2) is 4.33. The summed E-state index contributed by atoms with van der Waals surface area (Å²) in [6, 6.07) is 7.46. The Labute approximate surface area is 116 Å². The highest BCUT2D eigenvalue weighted by atomic mass is 16.5. The molecule has 0 aliphatic carbocycles. The number of aliphatic hydroxyl groups excluding tert-OH is 2. The van der Waals surface area contributed by atoms with Gasteiger partial charge in [0, 0.05) is 18.9 Å². The third kappa shape index (κ3) is 1.67. The quantitative estimate of drug-likeness (QED) is 0.799. The van der Waals surface area contributed by atoms with Crippen LogP contribution in [0.1, 0.15) is 12.5 Å². The molecule has 2 N–H and O–H groups in total. The molecule has 5 nitrogen and oxygen atoms in total. The van der Waals surface area contributed by atoms with Gasteiger partial charge >= 0.3 is 0 Å². The summed E-state index contributed by atoms with van der Waals surface area (Å²) < 4.78 is 7.38. The third-order valence-corrected chi connectivity index (χ3v) is 4.10. The van der Waals surface area contributed by atoms with Gasteiger partial charge in [-0.25, -0.2) is 0 Å². The number of aliphatic hydroxyl groups is 2. The highest BCUT2D eigenvalue weighted by Gasteiger charge is 2.41. The average Bonchev–Trinajstić information content (AvgIpc) is 2.47. The van der Waals surface area contributed by atoms with E-state index in [1.165, 1.54) is 0 Å². The lowest BCUT2D eigenvalue weighted by Gasteiger charge is -2.38. The van der Waals surface area contributed by atoms with Crippen LogP contribution in [0.15, 0.2) is 29.1 Å². The monoisotopic (exact) mass is 275 g/mol. The van der Waals surface area contributed by atoms with Gasteiger partial charge in [-0.2, -0.15) is 0 Å². The highest BCUT2D eigenvalue weighted by molar-refractivity contribution is 5.87. The van der Waals surface area contributed by atoms with E-state index in [1.54, 1.807) is 18.5 Å². The summed E-state index contributed by atoms with van der Waals surface area (Å²) in [5.41, 5.74) is -0.0161.